The molecule has 0 bridgehead atoms. The molecule has 0 aliphatic heterocycles. The Morgan fingerprint density at radius 2 is 1.78 bits per heavy atom. The molecule has 0 amide bonds. The second-order valence-electron chi connectivity index (χ2n) is 5.53. The second kappa shape index (κ2) is 8.34. The number of carbonyl (C=O) groups excluding carboxylic acids is 1. The maximum Gasteiger partial charge on any atom is 0.333 e. The molecule has 1 rings (SSSR count). The molecule has 104 valence electrons. The molecule has 0 N–H and O–H groups in total. The van der Waals surface area contributed by atoms with E-state index in [2.05, 4.69) is 13.8 Å². The summed E-state index contributed by atoms with van der Waals surface area (Å²) in [6.45, 7) is 6.17. The summed E-state index contributed by atoms with van der Waals surface area (Å²) in [6.07, 6.45) is 10.6. The fourth-order valence-electron chi connectivity index (χ4n) is 2.42. The van der Waals surface area contributed by atoms with Gasteiger partial charge in [-0.15, -0.1) is 0 Å². The normalized spacial score (nSPS) is 18.4. The van der Waals surface area contributed by atoms with Gasteiger partial charge in [0.25, 0.3) is 0 Å². The predicted octanol–water partition coefficient (Wildman–Crippen LogP) is 4.78. The van der Waals surface area contributed by atoms with Crippen molar-refractivity contribution in [1.82, 2.24) is 0 Å². The summed E-state index contributed by atoms with van der Waals surface area (Å²) in [6, 6.07) is 0. The Morgan fingerprint density at radius 1 is 1.11 bits per heavy atom. The molecule has 2 heteroatoms. The predicted molar refractivity (Wildman–Crippen MR) is 75.5 cm³/mol. The summed E-state index contributed by atoms with van der Waals surface area (Å²) in [7, 11) is 0. The summed E-state index contributed by atoms with van der Waals surface area (Å²) in [5.41, 5.74) is 2.03. The van der Waals surface area contributed by atoms with E-state index in [9.17, 15) is 4.79 Å². The van der Waals surface area contributed by atoms with Crippen LogP contribution >= 0.6 is 0 Å². The summed E-state index contributed by atoms with van der Waals surface area (Å²) in [5.74, 6) is -0.0871. The molecule has 1 aliphatic rings. The van der Waals surface area contributed by atoms with E-state index < -0.39 is 0 Å². The largest absolute Gasteiger partial charge is 0.459 e. The second-order valence-corrected chi connectivity index (χ2v) is 5.53. The Kier molecular flexibility index (Phi) is 7.07. The average molecular weight is 252 g/mol. The molecular formula is C16H28O2. The first-order valence-corrected chi connectivity index (χ1v) is 7.52. The van der Waals surface area contributed by atoms with E-state index in [1.54, 1.807) is 0 Å². The molecule has 0 aromatic rings. The average Bonchev–Trinajstić information content (AvgIpc) is 2.39. The topological polar surface area (TPSA) is 26.3 Å². The van der Waals surface area contributed by atoms with Crippen LogP contribution in [0.3, 0.4) is 0 Å². The molecule has 1 fully saturated rings. The molecule has 2 nitrogen and oxygen atoms in total. The Balaban J connectivity index is 2.40. The third-order valence-corrected chi connectivity index (χ3v) is 3.93. The number of rotatable bonds is 6. The lowest BCUT2D eigenvalue weighted by Crippen LogP contribution is -2.21. The highest BCUT2D eigenvalue weighted by atomic mass is 16.5. The van der Waals surface area contributed by atoms with Crippen LogP contribution in [0.25, 0.3) is 0 Å². The SMILES string of the molecule is CCCCCC(C)=C(C)C(=O)OC1CCCCC1. The van der Waals surface area contributed by atoms with Crippen molar-refractivity contribution in [3.63, 3.8) is 0 Å². The van der Waals surface area contributed by atoms with Gasteiger partial charge in [0, 0.05) is 5.57 Å². The van der Waals surface area contributed by atoms with E-state index in [1.165, 1.54) is 44.1 Å². The lowest BCUT2D eigenvalue weighted by Gasteiger charge is -2.22. The van der Waals surface area contributed by atoms with Crippen LogP contribution in [0.4, 0.5) is 0 Å². The molecule has 0 saturated heterocycles. The van der Waals surface area contributed by atoms with Crippen molar-refractivity contribution in [3.05, 3.63) is 11.1 Å². The molecule has 18 heavy (non-hydrogen) atoms. The van der Waals surface area contributed by atoms with Gasteiger partial charge in [0.05, 0.1) is 0 Å². The molecule has 1 aliphatic carbocycles. The molecule has 0 spiro atoms. The Labute approximate surface area is 112 Å². The number of unbranched alkanes of at least 4 members (excludes halogenated alkanes) is 2. The van der Waals surface area contributed by atoms with Gasteiger partial charge in [-0.1, -0.05) is 31.8 Å². The van der Waals surface area contributed by atoms with Gasteiger partial charge >= 0.3 is 5.97 Å². The minimum Gasteiger partial charge on any atom is -0.459 e. The van der Waals surface area contributed by atoms with Crippen LogP contribution in [0, 0.1) is 0 Å². The third-order valence-electron chi connectivity index (χ3n) is 3.93. The van der Waals surface area contributed by atoms with E-state index in [4.69, 9.17) is 4.74 Å². The maximum absolute atomic E-state index is 12.0. The molecule has 0 heterocycles. The zero-order valence-electron chi connectivity index (χ0n) is 12.3. The highest BCUT2D eigenvalue weighted by Crippen LogP contribution is 2.22. The first-order chi connectivity index (χ1) is 8.65. The minimum atomic E-state index is -0.0871. The first-order valence-electron chi connectivity index (χ1n) is 7.52. The van der Waals surface area contributed by atoms with Gasteiger partial charge < -0.3 is 4.74 Å². The summed E-state index contributed by atoms with van der Waals surface area (Å²) < 4.78 is 5.58. The maximum atomic E-state index is 12.0. The standard InChI is InChI=1S/C16H28O2/c1-4-5-7-10-13(2)14(3)16(17)18-15-11-8-6-9-12-15/h15H,4-12H2,1-3H3. The lowest BCUT2D eigenvalue weighted by molar-refractivity contribution is -0.145. The number of carbonyl (C=O) groups is 1. The Bertz CT molecular complexity index is 285. The van der Waals surface area contributed by atoms with Crippen molar-refractivity contribution in [1.29, 1.82) is 0 Å². The van der Waals surface area contributed by atoms with Crippen LogP contribution in [0.15, 0.2) is 11.1 Å². The number of ether oxygens (including phenoxy) is 1. The van der Waals surface area contributed by atoms with Crippen molar-refractivity contribution in [2.45, 2.75) is 84.7 Å². The van der Waals surface area contributed by atoms with E-state index >= 15 is 0 Å². The van der Waals surface area contributed by atoms with Gasteiger partial charge in [-0.3, -0.25) is 0 Å². The van der Waals surface area contributed by atoms with Gasteiger partial charge in [0.1, 0.15) is 6.10 Å². The number of allylic oxidation sites excluding steroid dienone is 1. The van der Waals surface area contributed by atoms with Crippen LogP contribution < -0.4 is 0 Å². The van der Waals surface area contributed by atoms with Crippen molar-refractivity contribution in [3.8, 4) is 0 Å². The van der Waals surface area contributed by atoms with Gasteiger partial charge in [-0.05, 0) is 52.4 Å². The molecule has 0 aromatic carbocycles. The number of hydrogen-bond acceptors (Lipinski definition) is 2. The van der Waals surface area contributed by atoms with Crippen LogP contribution in [0.5, 0.6) is 0 Å². The quantitative estimate of drug-likeness (QED) is 0.386. The van der Waals surface area contributed by atoms with E-state index in [0.717, 1.165) is 24.8 Å². The van der Waals surface area contributed by atoms with Crippen molar-refractivity contribution < 1.29 is 9.53 Å². The highest BCUT2D eigenvalue weighted by Gasteiger charge is 2.19. The molecule has 1 saturated carbocycles. The van der Waals surface area contributed by atoms with Gasteiger partial charge in [-0.25, -0.2) is 4.79 Å². The zero-order chi connectivity index (χ0) is 13.4. The highest BCUT2D eigenvalue weighted by molar-refractivity contribution is 5.88. The van der Waals surface area contributed by atoms with Crippen LogP contribution in [0.2, 0.25) is 0 Å². The summed E-state index contributed by atoms with van der Waals surface area (Å²) in [4.78, 5) is 12.0. The van der Waals surface area contributed by atoms with Crippen molar-refractivity contribution in [2.24, 2.45) is 0 Å². The van der Waals surface area contributed by atoms with E-state index in [-0.39, 0.29) is 12.1 Å². The molecule has 0 unspecified atom stereocenters. The van der Waals surface area contributed by atoms with Crippen LogP contribution in [-0.4, -0.2) is 12.1 Å². The minimum absolute atomic E-state index is 0.0871. The Hall–Kier alpha value is -0.790. The van der Waals surface area contributed by atoms with Gasteiger partial charge in [-0.2, -0.15) is 0 Å². The fourth-order valence-corrected chi connectivity index (χ4v) is 2.42. The smallest absolute Gasteiger partial charge is 0.333 e. The van der Waals surface area contributed by atoms with Crippen LogP contribution in [-0.2, 0) is 9.53 Å². The lowest BCUT2D eigenvalue weighted by atomic mass is 9.97. The molecule has 0 atom stereocenters. The number of esters is 1. The Morgan fingerprint density at radius 3 is 2.39 bits per heavy atom. The monoisotopic (exact) mass is 252 g/mol. The van der Waals surface area contributed by atoms with Gasteiger partial charge in [0.15, 0.2) is 0 Å². The molecule has 0 radical (unpaired) electrons. The number of hydrogen-bond donors (Lipinski definition) is 0. The fraction of sp³-hybridized carbons (Fsp3) is 0.812. The first kappa shape index (κ1) is 15.3. The zero-order valence-corrected chi connectivity index (χ0v) is 12.3. The van der Waals surface area contributed by atoms with Crippen molar-refractivity contribution >= 4 is 5.97 Å². The van der Waals surface area contributed by atoms with E-state index in [1.807, 2.05) is 6.92 Å². The van der Waals surface area contributed by atoms with Gasteiger partial charge in [0.2, 0.25) is 0 Å². The molecular weight excluding hydrogens is 224 g/mol. The summed E-state index contributed by atoms with van der Waals surface area (Å²) >= 11 is 0. The third kappa shape index (κ3) is 5.24. The van der Waals surface area contributed by atoms with E-state index in [0.29, 0.717) is 0 Å². The van der Waals surface area contributed by atoms with Crippen LogP contribution in [0.1, 0.15) is 78.6 Å². The molecule has 0 aromatic heterocycles. The van der Waals surface area contributed by atoms with Crippen molar-refractivity contribution in [2.75, 3.05) is 0 Å². The summed E-state index contributed by atoms with van der Waals surface area (Å²) in [5, 5.41) is 0.